The van der Waals surface area contributed by atoms with Crippen LogP contribution in [0.2, 0.25) is 0 Å². The van der Waals surface area contributed by atoms with Gasteiger partial charge in [-0.15, -0.1) is 0 Å². The van der Waals surface area contributed by atoms with Crippen LogP contribution in [0.5, 0.6) is 0 Å². The van der Waals surface area contributed by atoms with Crippen LogP contribution in [-0.4, -0.2) is 62.1 Å². The second kappa shape index (κ2) is 10.4. The van der Waals surface area contributed by atoms with Crippen LogP contribution in [0.3, 0.4) is 0 Å². The third kappa shape index (κ3) is 7.06. The molecule has 1 aliphatic rings. The van der Waals surface area contributed by atoms with E-state index in [-0.39, 0.29) is 0 Å². The number of likely N-dealkylation sites (tertiary alicyclic amines) is 1. The lowest BCUT2D eigenvalue weighted by Crippen LogP contribution is -2.38. The monoisotopic (exact) mass is 286 g/mol. The predicted molar refractivity (Wildman–Crippen MR) is 87.2 cm³/mol. The molecule has 1 unspecified atom stereocenters. The summed E-state index contributed by atoms with van der Waals surface area (Å²) in [5, 5.41) is 6.70. The van der Waals surface area contributed by atoms with Crippen molar-refractivity contribution in [3.63, 3.8) is 0 Å². The number of nitrogens with zero attached hydrogens (tertiary/aromatic N) is 2. The quantitative estimate of drug-likeness (QED) is 0.404. The Kier molecular flexibility index (Phi) is 9.08. The molecule has 1 fully saturated rings. The molecule has 0 aliphatic carbocycles. The summed E-state index contributed by atoms with van der Waals surface area (Å²) in [4.78, 5) is 7.28. The summed E-state index contributed by atoms with van der Waals surface area (Å²) in [5.41, 5.74) is 0. The highest BCUT2D eigenvalue weighted by molar-refractivity contribution is 7.98. The zero-order chi connectivity index (χ0) is 13.9. The van der Waals surface area contributed by atoms with Gasteiger partial charge in [-0.05, 0) is 45.0 Å². The van der Waals surface area contributed by atoms with Crippen molar-refractivity contribution in [1.82, 2.24) is 15.5 Å². The van der Waals surface area contributed by atoms with Crippen LogP contribution in [0.15, 0.2) is 4.99 Å². The molecule has 0 aromatic rings. The van der Waals surface area contributed by atoms with Crippen molar-refractivity contribution in [1.29, 1.82) is 0 Å². The minimum absolute atomic E-state index is 0.738. The summed E-state index contributed by atoms with van der Waals surface area (Å²) in [5.74, 6) is 2.84. The maximum atomic E-state index is 4.72. The highest BCUT2D eigenvalue weighted by atomic mass is 32.2. The molecule has 0 aromatic carbocycles. The lowest BCUT2D eigenvalue weighted by Gasteiger charge is -2.14. The molecule has 1 atom stereocenters. The van der Waals surface area contributed by atoms with Gasteiger partial charge >= 0.3 is 0 Å². The summed E-state index contributed by atoms with van der Waals surface area (Å²) in [6, 6.07) is 0. The summed E-state index contributed by atoms with van der Waals surface area (Å²) in [6.45, 7) is 11.0. The highest BCUT2D eigenvalue weighted by Crippen LogP contribution is 2.16. The molecule has 1 heterocycles. The second-order valence-corrected chi connectivity index (χ2v) is 6.08. The fourth-order valence-corrected chi connectivity index (χ4v) is 2.72. The Balaban J connectivity index is 2.29. The molecule has 0 spiro atoms. The number of rotatable bonds is 8. The molecule has 0 bridgehead atoms. The van der Waals surface area contributed by atoms with Gasteiger partial charge < -0.3 is 15.5 Å². The summed E-state index contributed by atoms with van der Waals surface area (Å²) in [7, 11) is 0. The van der Waals surface area contributed by atoms with Gasteiger partial charge in [0.25, 0.3) is 0 Å². The van der Waals surface area contributed by atoms with Crippen LogP contribution >= 0.6 is 11.8 Å². The van der Waals surface area contributed by atoms with Gasteiger partial charge in [0, 0.05) is 31.9 Å². The van der Waals surface area contributed by atoms with Crippen LogP contribution in [0.4, 0.5) is 0 Å². The molecule has 0 radical (unpaired) electrons. The van der Waals surface area contributed by atoms with Crippen molar-refractivity contribution in [2.75, 3.05) is 51.3 Å². The van der Waals surface area contributed by atoms with E-state index >= 15 is 0 Å². The first-order chi connectivity index (χ1) is 9.30. The molecule has 112 valence electrons. The Hall–Kier alpha value is -0.420. The van der Waals surface area contributed by atoms with Gasteiger partial charge in [0.1, 0.15) is 0 Å². The summed E-state index contributed by atoms with van der Waals surface area (Å²) < 4.78 is 0. The zero-order valence-electron chi connectivity index (χ0n) is 12.7. The van der Waals surface area contributed by atoms with E-state index in [0.717, 1.165) is 37.3 Å². The van der Waals surface area contributed by atoms with Gasteiger partial charge in [0.15, 0.2) is 5.96 Å². The average Bonchev–Trinajstić information content (AvgIpc) is 2.84. The SMILES string of the molecule is CCCN1CCC(CN=C(NCC)NCCSC)C1. The van der Waals surface area contributed by atoms with Crippen LogP contribution in [0, 0.1) is 5.92 Å². The smallest absolute Gasteiger partial charge is 0.191 e. The molecule has 5 heteroatoms. The number of nitrogens with one attached hydrogen (secondary N) is 2. The number of thioether (sulfide) groups is 1. The molecule has 1 rings (SSSR count). The Bertz CT molecular complexity index is 258. The van der Waals surface area contributed by atoms with Crippen molar-refractivity contribution in [3.8, 4) is 0 Å². The second-order valence-electron chi connectivity index (χ2n) is 5.09. The van der Waals surface area contributed by atoms with E-state index in [1.807, 2.05) is 11.8 Å². The van der Waals surface area contributed by atoms with E-state index in [1.54, 1.807) is 0 Å². The van der Waals surface area contributed by atoms with Crippen molar-refractivity contribution in [3.05, 3.63) is 0 Å². The normalized spacial score (nSPS) is 20.8. The van der Waals surface area contributed by atoms with E-state index < -0.39 is 0 Å². The molecule has 0 aromatic heterocycles. The zero-order valence-corrected chi connectivity index (χ0v) is 13.6. The van der Waals surface area contributed by atoms with E-state index in [0.29, 0.717) is 0 Å². The first-order valence-corrected chi connectivity index (χ1v) is 8.93. The Morgan fingerprint density at radius 3 is 2.89 bits per heavy atom. The Morgan fingerprint density at radius 1 is 1.37 bits per heavy atom. The molecule has 0 saturated carbocycles. The molecular weight excluding hydrogens is 256 g/mol. The van der Waals surface area contributed by atoms with E-state index in [4.69, 9.17) is 4.99 Å². The molecule has 4 nitrogen and oxygen atoms in total. The fraction of sp³-hybridized carbons (Fsp3) is 0.929. The standard InChI is InChI=1S/C14H30N4S/c1-4-8-18-9-6-13(12-18)11-17-14(15-5-2)16-7-10-19-3/h13H,4-12H2,1-3H3,(H2,15,16,17). The van der Waals surface area contributed by atoms with Crippen LogP contribution in [0.25, 0.3) is 0 Å². The van der Waals surface area contributed by atoms with Gasteiger partial charge in [-0.1, -0.05) is 6.92 Å². The van der Waals surface area contributed by atoms with E-state index in [2.05, 4.69) is 35.6 Å². The van der Waals surface area contributed by atoms with Crippen LogP contribution in [0.1, 0.15) is 26.7 Å². The summed E-state index contributed by atoms with van der Waals surface area (Å²) >= 11 is 1.86. The number of hydrogen-bond donors (Lipinski definition) is 2. The van der Waals surface area contributed by atoms with Gasteiger partial charge in [-0.3, -0.25) is 4.99 Å². The summed E-state index contributed by atoms with van der Waals surface area (Å²) in [6.07, 6.45) is 4.69. The van der Waals surface area contributed by atoms with Gasteiger partial charge in [0.05, 0.1) is 0 Å². The highest BCUT2D eigenvalue weighted by Gasteiger charge is 2.21. The Morgan fingerprint density at radius 2 is 2.21 bits per heavy atom. The third-order valence-electron chi connectivity index (χ3n) is 3.36. The molecule has 19 heavy (non-hydrogen) atoms. The molecule has 1 saturated heterocycles. The maximum absolute atomic E-state index is 4.72. The predicted octanol–water partition coefficient (Wildman–Crippen LogP) is 1.64. The topological polar surface area (TPSA) is 39.7 Å². The lowest BCUT2D eigenvalue weighted by atomic mass is 10.1. The van der Waals surface area contributed by atoms with Crippen molar-refractivity contribution >= 4 is 17.7 Å². The first kappa shape index (κ1) is 16.6. The van der Waals surface area contributed by atoms with Crippen molar-refractivity contribution in [2.45, 2.75) is 26.7 Å². The van der Waals surface area contributed by atoms with Gasteiger partial charge in [-0.25, -0.2) is 0 Å². The molecule has 2 N–H and O–H groups in total. The first-order valence-electron chi connectivity index (χ1n) is 7.53. The van der Waals surface area contributed by atoms with Gasteiger partial charge in [-0.2, -0.15) is 11.8 Å². The van der Waals surface area contributed by atoms with E-state index in [1.165, 1.54) is 32.5 Å². The number of guanidine groups is 1. The fourth-order valence-electron chi connectivity index (χ4n) is 2.41. The van der Waals surface area contributed by atoms with Crippen molar-refractivity contribution in [2.24, 2.45) is 10.9 Å². The minimum Gasteiger partial charge on any atom is -0.357 e. The molecular formula is C14H30N4S. The lowest BCUT2D eigenvalue weighted by molar-refractivity contribution is 0.326. The van der Waals surface area contributed by atoms with E-state index in [9.17, 15) is 0 Å². The number of aliphatic imine (C=N–C) groups is 1. The van der Waals surface area contributed by atoms with Crippen LogP contribution < -0.4 is 10.6 Å². The van der Waals surface area contributed by atoms with Crippen molar-refractivity contribution < 1.29 is 0 Å². The Labute approximate surface area is 122 Å². The van der Waals surface area contributed by atoms with Crippen LogP contribution in [-0.2, 0) is 0 Å². The molecule has 1 aliphatic heterocycles. The maximum Gasteiger partial charge on any atom is 0.191 e. The number of hydrogen-bond acceptors (Lipinski definition) is 3. The molecule has 0 amide bonds. The largest absolute Gasteiger partial charge is 0.357 e. The average molecular weight is 286 g/mol. The third-order valence-corrected chi connectivity index (χ3v) is 3.97. The van der Waals surface area contributed by atoms with Gasteiger partial charge in [0.2, 0.25) is 0 Å². The minimum atomic E-state index is 0.738.